The first-order valence-electron chi connectivity index (χ1n) is 7.03. The molecule has 0 spiro atoms. The minimum atomic E-state index is 0.165. The maximum Gasteiger partial charge on any atom is 0.0337 e. The van der Waals surface area contributed by atoms with E-state index in [4.69, 9.17) is 5.73 Å². The van der Waals surface area contributed by atoms with Crippen LogP contribution in [0.25, 0.3) is 0 Å². The zero-order valence-corrected chi connectivity index (χ0v) is 13.8. The molecule has 0 radical (unpaired) electrons. The molecular weight excluding hydrogens is 300 g/mol. The highest BCUT2D eigenvalue weighted by Crippen LogP contribution is 2.46. The van der Waals surface area contributed by atoms with Gasteiger partial charge in [-0.3, -0.25) is 4.90 Å². The van der Waals surface area contributed by atoms with Crippen LogP contribution in [0.3, 0.4) is 0 Å². The minimum Gasteiger partial charge on any atom is -0.329 e. The third kappa shape index (κ3) is 3.21. The van der Waals surface area contributed by atoms with Crippen molar-refractivity contribution >= 4 is 15.9 Å². The van der Waals surface area contributed by atoms with Gasteiger partial charge in [-0.15, -0.1) is 0 Å². The van der Waals surface area contributed by atoms with Crippen LogP contribution in [0.5, 0.6) is 0 Å². The Morgan fingerprint density at radius 1 is 1.26 bits per heavy atom. The fourth-order valence-corrected chi connectivity index (χ4v) is 3.75. The second kappa shape index (κ2) is 5.55. The van der Waals surface area contributed by atoms with E-state index < -0.39 is 0 Å². The van der Waals surface area contributed by atoms with Gasteiger partial charge < -0.3 is 5.73 Å². The van der Waals surface area contributed by atoms with Crippen molar-refractivity contribution in [2.45, 2.75) is 45.2 Å². The topological polar surface area (TPSA) is 29.3 Å². The molecule has 0 heterocycles. The van der Waals surface area contributed by atoms with Crippen LogP contribution in [-0.2, 0) is 6.54 Å². The van der Waals surface area contributed by atoms with Crippen LogP contribution in [0.2, 0.25) is 0 Å². The molecule has 0 aliphatic heterocycles. The summed E-state index contributed by atoms with van der Waals surface area (Å²) in [7, 11) is 2.22. The Morgan fingerprint density at radius 2 is 1.95 bits per heavy atom. The summed E-state index contributed by atoms with van der Waals surface area (Å²) in [6.07, 6.45) is 3.67. The Labute approximate surface area is 125 Å². The van der Waals surface area contributed by atoms with Crippen LogP contribution in [0.1, 0.15) is 38.7 Å². The lowest BCUT2D eigenvalue weighted by Gasteiger charge is -2.39. The van der Waals surface area contributed by atoms with Crippen LogP contribution >= 0.6 is 15.9 Å². The summed E-state index contributed by atoms with van der Waals surface area (Å²) in [5.74, 6) is 0. The van der Waals surface area contributed by atoms with Crippen LogP contribution in [0, 0.1) is 5.41 Å². The summed E-state index contributed by atoms with van der Waals surface area (Å²) >= 11 is 3.64. The first-order valence-corrected chi connectivity index (χ1v) is 7.83. The van der Waals surface area contributed by atoms with E-state index >= 15 is 0 Å². The summed E-state index contributed by atoms with van der Waals surface area (Å²) in [6.45, 7) is 6.42. The number of hydrogen-bond donors (Lipinski definition) is 1. The van der Waals surface area contributed by atoms with Crippen molar-refractivity contribution in [3.05, 3.63) is 34.3 Å². The molecule has 1 aromatic rings. The molecule has 2 nitrogen and oxygen atoms in total. The van der Waals surface area contributed by atoms with Gasteiger partial charge >= 0.3 is 0 Å². The lowest BCUT2D eigenvalue weighted by Crippen LogP contribution is -2.50. The predicted molar refractivity (Wildman–Crippen MR) is 85.0 cm³/mol. The monoisotopic (exact) mass is 324 g/mol. The maximum absolute atomic E-state index is 6.13. The predicted octanol–water partition coefficient (Wildman–Crippen LogP) is 3.79. The van der Waals surface area contributed by atoms with Crippen LogP contribution < -0.4 is 5.73 Å². The highest BCUT2D eigenvalue weighted by molar-refractivity contribution is 9.10. The van der Waals surface area contributed by atoms with Gasteiger partial charge in [0.2, 0.25) is 0 Å². The molecule has 0 saturated heterocycles. The summed E-state index contributed by atoms with van der Waals surface area (Å²) in [6, 6.07) is 8.45. The first kappa shape index (κ1) is 15.0. The van der Waals surface area contributed by atoms with Gasteiger partial charge in [-0.05, 0) is 43.4 Å². The molecule has 1 atom stereocenters. The van der Waals surface area contributed by atoms with E-state index in [-0.39, 0.29) is 5.54 Å². The van der Waals surface area contributed by atoms with E-state index in [0.29, 0.717) is 5.41 Å². The normalized spacial score (nSPS) is 26.0. The van der Waals surface area contributed by atoms with E-state index in [9.17, 15) is 0 Å². The molecule has 0 aromatic heterocycles. The van der Waals surface area contributed by atoms with Crippen molar-refractivity contribution < 1.29 is 0 Å². The number of likely N-dealkylation sites (N-methyl/N-ethyl adjacent to an activating group) is 1. The highest BCUT2D eigenvalue weighted by atomic mass is 79.9. The van der Waals surface area contributed by atoms with Crippen LogP contribution in [-0.4, -0.2) is 24.0 Å². The van der Waals surface area contributed by atoms with Gasteiger partial charge in [0, 0.05) is 23.1 Å². The average Bonchev–Trinajstić information content (AvgIpc) is 2.69. The van der Waals surface area contributed by atoms with Crippen molar-refractivity contribution in [2.24, 2.45) is 11.1 Å². The molecule has 19 heavy (non-hydrogen) atoms. The van der Waals surface area contributed by atoms with Crippen LogP contribution in [0.4, 0.5) is 0 Å². The molecule has 2 rings (SSSR count). The molecule has 106 valence electrons. The average molecular weight is 325 g/mol. The smallest absolute Gasteiger partial charge is 0.0337 e. The van der Waals surface area contributed by atoms with Gasteiger partial charge in [-0.2, -0.15) is 0 Å². The van der Waals surface area contributed by atoms with Gasteiger partial charge in [-0.25, -0.2) is 0 Å². The largest absolute Gasteiger partial charge is 0.329 e. The van der Waals surface area contributed by atoms with E-state index in [1.807, 2.05) is 0 Å². The SMILES string of the molecule is CN(Cc1ccccc1Br)C1(CN)CCC(C)(C)C1. The minimum absolute atomic E-state index is 0.165. The highest BCUT2D eigenvalue weighted by Gasteiger charge is 2.44. The summed E-state index contributed by atoms with van der Waals surface area (Å²) in [5.41, 5.74) is 8.05. The Kier molecular flexibility index (Phi) is 4.38. The molecule has 1 aliphatic rings. The second-order valence-corrected chi connectivity index (χ2v) is 7.57. The Balaban J connectivity index is 2.15. The maximum atomic E-state index is 6.13. The third-order valence-corrected chi connectivity index (χ3v) is 5.40. The molecule has 1 aliphatic carbocycles. The molecule has 1 fully saturated rings. The van der Waals surface area contributed by atoms with Crippen molar-refractivity contribution in [3.8, 4) is 0 Å². The number of halogens is 1. The fourth-order valence-electron chi connectivity index (χ4n) is 3.34. The Morgan fingerprint density at radius 3 is 2.47 bits per heavy atom. The van der Waals surface area contributed by atoms with Crippen molar-refractivity contribution in [1.29, 1.82) is 0 Å². The van der Waals surface area contributed by atoms with E-state index in [1.165, 1.54) is 29.3 Å². The second-order valence-electron chi connectivity index (χ2n) is 6.72. The van der Waals surface area contributed by atoms with E-state index in [2.05, 4.69) is 66.0 Å². The van der Waals surface area contributed by atoms with Crippen molar-refractivity contribution in [1.82, 2.24) is 4.90 Å². The number of nitrogens with zero attached hydrogens (tertiary/aromatic N) is 1. The molecule has 0 bridgehead atoms. The quantitative estimate of drug-likeness (QED) is 0.913. The zero-order chi connectivity index (χ0) is 14.1. The molecule has 1 aromatic carbocycles. The van der Waals surface area contributed by atoms with Gasteiger partial charge in [-0.1, -0.05) is 48.0 Å². The Hall–Kier alpha value is -0.380. The standard InChI is InChI=1S/C16H25BrN2/c1-15(2)8-9-16(11-15,12-18)19(3)10-13-6-4-5-7-14(13)17/h4-7H,8-12,18H2,1-3H3. The van der Waals surface area contributed by atoms with E-state index in [1.54, 1.807) is 0 Å². The number of nitrogens with two attached hydrogens (primary N) is 1. The number of benzene rings is 1. The fraction of sp³-hybridized carbons (Fsp3) is 0.625. The zero-order valence-electron chi connectivity index (χ0n) is 12.2. The van der Waals surface area contributed by atoms with Crippen molar-refractivity contribution in [2.75, 3.05) is 13.6 Å². The van der Waals surface area contributed by atoms with Gasteiger partial charge in [0.05, 0.1) is 0 Å². The third-order valence-electron chi connectivity index (χ3n) is 4.63. The molecular formula is C16H25BrN2. The lowest BCUT2D eigenvalue weighted by atomic mass is 9.86. The molecule has 2 N–H and O–H groups in total. The first-order chi connectivity index (χ1) is 8.88. The molecule has 3 heteroatoms. The summed E-state index contributed by atoms with van der Waals surface area (Å²) in [5, 5.41) is 0. The summed E-state index contributed by atoms with van der Waals surface area (Å²) < 4.78 is 1.19. The number of hydrogen-bond acceptors (Lipinski definition) is 2. The molecule has 1 saturated carbocycles. The van der Waals surface area contributed by atoms with Gasteiger partial charge in [0.25, 0.3) is 0 Å². The van der Waals surface area contributed by atoms with E-state index in [0.717, 1.165) is 13.1 Å². The van der Waals surface area contributed by atoms with Gasteiger partial charge in [0.15, 0.2) is 0 Å². The Bertz CT molecular complexity index is 444. The summed E-state index contributed by atoms with van der Waals surface area (Å²) in [4.78, 5) is 2.46. The molecule has 1 unspecified atom stereocenters. The van der Waals surface area contributed by atoms with Gasteiger partial charge in [0.1, 0.15) is 0 Å². The number of rotatable bonds is 4. The van der Waals surface area contributed by atoms with Crippen molar-refractivity contribution in [3.63, 3.8) is 0 Å². The molecule has 0 amide bonds. The van der Waals surface area contributed by atoms with Crippen LogP contribution in [0.15, 0.2) is 28.7 Å². The lowest BCUT2D eigenvalue weighted by molar-refractivity contribution is 0.111.